The van der Waals surface area contributed by atoms with E-state index in [-0.39, 0.29) is 0 Å². The standard InChI is InChI=1S/C10H9N3O/c11-10(14)13-9-6-12-5-7-3-1-2-4-8(7)9/h1-6H,(H3,11,13,14). The fourth-order valence-corrected chi connectivity index (χ4v) is 1.35. The predicted molar refractivity (Wildman–Crippen MR) is 54.9 cm³/mol. The molecule has 0 unspecified atom stereocenters. The second kappa shape index (κ2) is 3.33. The summed E-state index contributed by atoms with van der Waals surface area (Å²) in [6.45, 7) is 0. The smallest absolute Gasteiger partial charge is 0.316 e. The van der Waals surface area contributed by atoms with E-state index in [1.807, 2.05) is 24.3 Å². The van der Waals surface area contributed by atoms with Crippen molar-refractivity contribution in [3.8, 4) is 0 Å². The van der Waals surface area contributed by atoms with Crippen LogP contribution in [0.15, 0.2) is 36.7 Å². The Hall–Kier alpha value is -2.10. The molecular formula is C10H9N3O. The first-order valence-electron chi connectivity index (χ1n) is 4.16. The Balaban J connectivity index is 2.59. The van der Waals surface area contributed by atoms with E-state index in [4.69, 9.17) is 5.73 Å². The Kier molecular flexibility index (Phi) is 2.02. The summed E-state index contributed by atoms with van der Waals surface area (Å²) in [6.07, 6.45) is 3.31. The zero-order valence-electron chi connectivity index (χ0n) is 7.40. The van der Waals surface area contributed by atoms with Crippen LogP contribution in [0.2, 0.25) is 0 Å². The van der Waals surface area contributed by atoms with Gasteiger partial charge in [-0.2, -0.15) is 0 Å². The van der Waals surface area contributed by atoms with Gasteiger partial charge in [-0.25, -0.2) is 4.79 Å². The Bertz CT molecular complexity index is 476. The summed E-state index contributed by atoms with van der Waals surface area (Å²) in [5.74, 6) is 0. The maximum Gasteiger partial charge on any atom is 0.316 e. The third-order valence-corrected chi connectivity index (χ3v) is 1.93. The van der Waals surface area contributed by atoms with Crippen LogP contribution in [0, 0.1) is 0 Å². The molecule has 2 aromatic rings. The molecule has 0 radical (unpaired) electrons. The number of hydrogen-bond acceptors (Lipinski definition) is 2. The Morgan fingerprint density at radius 3 is 2.86 bits per heavy atom. The number of nitrogens with one attached hydrogen (secondary N) is 1. The summed E-state index contributed by atoms with van der Waals surface area (Å²) in [4.78, 5) is 14.7. The lowest BCUT2D eigenvalue weighted by Gasteiger charge is -2.04. The van der Waals surface area contributed by atoms with Crippen molar-refractivity contribution in [3.63, 3.8) is 0 Å². The number of rotatable bonds is 1. The molecule has 0 fully saturated rings. The van der Waals surface area contributed by atoms with Crippen LogP contribution in [-0.4, -0.2) is 11.0 Å². The molecule has 14 heavy (non-hydrogen) atoms. The van der Waals surface area contributed by atoms with E-state index >= 15 is 0 Å². The first-order chi connectivity index (χ1) is 6.77. The van der Waals surface area contributed by atoms with Crippen LogP contribution in [0.3, 0.4) is 0 Å². The first kappa shape index (κ1) is 8.50. The number of carbonyl (C=O) groups excluding carboxylic acids is 1. The molecule has 0 atom stereocenters. The largest absolute Gasteiger partial charge is 0.351 e. The highest BCUT2D eigenvalue weighted by molar-refractivity contribution is 6.00. The number of amides is 2. The number of primary amides is 1. The first-order valence-corrected chi connectivity index (χ1v) is 4.16. The van der Waals surface area contributed by atoms with Crippen molar-refractivity contribution in [3.05, 3.63) is 36.7 Å². The van der Waals surface area contributed by atoms with Gasteiger partial charge in [-0.05, 0) is 0 Å². The molecule has 4 heteroatoms. The highest BCUT2D eigenvalue weighted by atomic mass is 16.2. The molecule has 70 valence electrons. The minimum Gasteiger partial charge on any atom is -0.351 e. The van der Waals surface area contributed by atoms with E-state index in [9.17, 15) is 4.79 Å². The number of benzene rings is 1. The number of carbonyl (C=O) groups is 1. The lowest BCUT2D eigenvalue weighted by atomic mass is 10.1. The number of nitrogens with zero attached hydrogens (tertiary/aromatic N) is 1. The number of nitrogens with two attached hydrogens (primary N) is 1. The maximum atomic E-state index is 10.7. The van der Waals surface area contributed by atoms with Gasteiger partial charge in [0.2, 0.25) is 0 Å². The zero-order valence-corrected chi connectivity index (χ0v) is 7.40. The van der Waals surface area contributed by atoms with E-state index in [2.05, 4.69) is 10.3 Å². The third kappa shape index (κ3) is 1.50. The van der Waals surface area contributed by atoms with E-state index in [0.717, 1.165) is 10.8 Å². The number of hydrogen-bond donors (Lipinski definition) is 2. The van der Waals surface area contributed by atoms with Gasteiger partial charge in [0, 0.05) is 17.0 Å². The molecule has 0 aliphatic heterocycles. The highest BCUT2D eigenvalue weighted by Crippen LogP contribution is 2.20. The Morgan fingerprint density at radius 1 is 1.29 bits per heavy atom. The summed E-state index contributed by atoms with van der Waals surface area (Å²) in [5, 5.41) is 4.43. The molecule has 1 aromatic heterocycles. The molecule has 1 aromatic carbocycles. The van der Waals surface area contributed by atoms with Crippen molar-refractivity contribution < 1.29 is 4.79 Å². The van der Waals surface area contributed by atoms with Crippen LogP contribution in [-0.2, 0) is 0 Å². The van der Waals surface area contributed by atoms with Gasteiger partial charge < -0.3 is 11.1 Å². The summed E-state index contributed by atoms with van der Waals surface area (Å²) >= 11 is 0. The number of anilines is 1. The summed E-state index contributed by atoms with van der Waals surface area (Å²) in [7, 11) is 0. The monoisotopic (exact) mass is 187 g/mol. The Morgan fingerprint density at radius 2 is 2.07 bits per heavy atom. The summed E-state index contributed by atoms with van der Waals surface area (Å²) in [6, 6.07) is 7.06. The van der Waals surface area contributed by atoms with Crippen molar-refractivity contribution in [2.24, 2.45) is 5.73 Å². The summed E-state index contributed by atoms with van der Waals surface area (Å²) < 4.78 is 0. The molecule has 0 aliphatic carbocycles. The molecule has 1 heterocycles. The number of aromatic nitrogens is 1. The van der Waals surface area contributed by atoms with E-state index in [1.54, 1.807) is 12.4 Å². The van der Waals surface area contributed by atoms with Gasteiger partial charge in [-0.15, -0.1) is 0 Å². The predicted octanol–water partition coefficient (Wildman–Crippen LogP) is 1.73. The van der Waals surface area contributed by atoms with Gasteiger partial charge >= 0.3 is 6.03 Å². The van der Waals surface area contributed by atoms with E-state index in [1.165, 1.54) is 0 Å². The van der Waals surface area contributed by atoms with Crippen molar-refractivity contribution >= 4 is 22.5 Å². The highest BCUT2D eigenvalue weighted by Gasteiger charge is 2.01. The van der Waals surface area contributed by atoms with Crippen molar-refractivity contribution in [1.29, 1.82) is 0 Å². The van der Waals surface area contributed by atoms with Crippen molar-refractivity contribution in [2.45, 2.75) is 0 Å². The number of urea groups is 1. The fourth-order valence-electron chi connectivity index (χ4n) is 1.35. The second-order valence-electron chi connectivity index (χ2n) is 2.90. The Labute approximate surface area is 80.7 Å². The average Bonchev–Trinajstić information content (AvgIpc) is 2.18. The van der Waals surface area contributed by atoms with Gasteiger partial charge in [0.15, 0.2) is 0 Å². The van der Waals surface area contributed by atoms with Crippen molar-refractivity contribution in [2.75, 3.05) is 5.32 Å². The van der Waals surface area contributed by atoms with Crippen LogP contribution < -0.4 is 11.1 Å². The zero-order chi connectivity index (χ0) is 9.97. The molecule has 0 saturated carbocycles. The van der Waals surface area contributed by atoms with Gasteiger partial charge in [0.1, 0.15) is 0 Å². The SMILES string of the molecule is NC(=O)Nc1cncc2ccccc12. The molecular weight excluding hydrogens is 178 g/mol. The van der Waals surface area contributed by atoms with Gasteiger partial charge in [-0.1, -0.05) is 24.3 Å². The van der Waals surface area contributed by atoms with E-state index < -0.39 is 6.03 Å². The quantitative estimate of drug-likeness (QED) is 0.713. The second-order valence-corrected chi connectivity index (χ2v) is 2.90. The van der Waals surface area contributed by atoms with Crippen LogP contribution in [0.4, 0.5) is 10.5 Å². The molecule has 2 rings (SSSR count). The molecule has 0 saturated heterocycles. The lowest BCUT2D eigenvalue weighted by Crippen LogP contribution is -2.19. The number of fused-ring (bicyclic) bond motifs is 1. The van der Waals surface area contributed by atoms with Gasteiger partial charge in [-0.3, -0.25) is 4.98 Å². The molecule has 0 aliphatic rings. The van der Waals surface area contributed by atoms with Crippen LogP contribution in [0.25, 0.3) is 10.8 Å². The summed E-state index contributed by atoms with van der Waals surface area (Å²) in [5.41, 5.74) is 5.67. The van der Waals surface area contributed by atoms with Gasteiger partial charge in [0.05, 0.1) is 11.9 Å². The van der Waals surface area contributed by atoms with Crippen molar-refractivity contribution in [1.82, 2.24) is 4.98 Å². The lowest BCUT2D eigenvalue weighted by molar-refractivity contribution is 0.259. The minimum atomic E-state index is -0.580. The third-order valence-electron chi connectivity index (χ3n) is 1.93. The molecule has 2 amide bonds. The normalized spacial score (nSPS) is 10.0. The molecule has 0 bridgehead atoms. The molecule has 3 N–H and O–H groups in total. The molecule has 0 spiro atoms. The minimum absolute atomic E-state index is 0.580. The topological polar surface area (TPSA) is 68.0 Å². The van der Waals surface area contributed by atoms with Crippen LogP contribution in [0.1, 0.15) is 0 Å². The van der Waals surface area contributed by atoms with Crippen LogP contribution >= 0.6 is 0 Å². The van der Waals surface area contributed by atoms with Gasteiger partial charge in [0.25, 0.3) is 0 Å². The fraction of sp³-hybridized carbons (Fsp3) is 0. The maximum absolute atomic E-state index is 10.7. The van der Waals surface area contributed by atoms with E-state index in [0.29, 0.717) is 5.69 Å². The molecule has 4 nitrogen and oxygen atoms in total. The average molecular weight is 187 g/mol. The van der Waals surface area contributed by atoms with Crippen LogP contribution in [0.5, 0.6) is 0 Å². The number of pyridine rings is 1.